The molecule has 3 amide bonds. The number of imide groups is 1. The summed E-state index contributed by atoms with van der Waals surface area (Å²) in [6.45, 7) is 1.94. The van der Waals surface area contributed by atoms with Crippen LogP contribution in [0.25, 0.3) is 10.9 Å². The van der Waals surface area contributed by atoms with E-state index in [4.69, 9.17) is 0 Å². The molecule has 0 saturated carbocycles. The van der Waals surface area contributed by atoms with Gasteiger partial charge in [0, 0.05) is 34.3 Å². The molecule has 1 unspecified atom stereocenters. The first-order valence-corrected chi connectivity index (χ1v) is 11.4. The summed E-state index contributed by atoms with van der Waals surface area (Å²) >= 11 is 1.34. The van der Waals surface area contributed by atoms with Gasteiger partial charge in [-0.15, -0.1) is 11.8 Å². The van der Waals surface area contributed by atoms with Gasteiger partial charge in [0.25, 0.3) is 5.91 Å². The molecule has 1 aliphatic rings. The number of aromatic nitrogens is 1. The third-order valence-electron chi connectivity index (χ3n) is 5.55. The average molecular weight is 456 g/mol. The van der Waals surface area contributed by atoms with Gasteiger partial charge in [-0.1, -0.05) is 29.8 Å². The van der Waals surface area contributed by atoms with Crippen molar-refractivity contribution < 1.29 is 14.4 Å². The number of rotatable bonds is 5. The van der Waals surface area contributed by atoms with E-state index in [1.54, 1.807) is 18.2 Å². The lowest BCUT2D eigenvalue weighted by molar-refractivity contribution is -0.121. The minimum Gasteiger partial charge on any atom is -0.361 e. The van der Waals surface area contributed by atoms with Crippen LogP contribution >= 0.6 is 11.8 Å². The van der Waals surface area contributed by atoms with E-state index in [9.17, 15) is 14.4 Å². The Kier molecular flexibility index (Phi) is 5.48. The van der Waals surface area contributed by atoms with Crippen LogP contribution in [-0.4, -0.2) is 28.0 Å². The van der Waals surface area contributed by atoms with Crippen molar-refractivity contribution in [3.8, 4) is 0 Å². The van der Waals surface area contributed by atoms with E-state index < -0.39 is 5.25 Å². The Bertz CT molecular complexity index is 1390. The zero-order valence-electron chi connectivity index (χ0n) is 17.9. The van der Waals surface area contributed by atoms with Gasteiger partial charge in [-0.05, 0) is 60.8 Å². The fourth-order valence-corrected chi connectivity index (χ4v) is 5.06. The first kappa shape index (κ1) is 21.0. The summed E-state index contributed by atoms with van der Waals surface area (Å²) < 4.78 is 0. The Morgan fingerprint density at radius 3 is 2.73 bits per heavy atom. The summed E-state index contributed by atoms with van der Waals surface area (Å²) in [6, 6.07) is 22.1. The predicted molar refractivity (Wildman–Crippen MR) is 131 cm³/mol. The molecule has 2 N–H and O–H groups in total. The van der Waals surface area contributed by atoms with Gasteiger partial charge in [-0.25, -0.2) is 4.90 Å². The molecular formula is C26H21N3O3S. The fraction of sp³-hybridized carbons (Fsp3) is 0.115. The Morgan fingerprint density at radius 2 is 1.88 bits per heavy atom. The lowest BCUT2D eigenvalue weighted by Gasteiger charge is -2.15. The highest BCUT2D eigenvalue weighted by atomic mass is 32.2. The number of benzene rings is 3. The summed E-state index contributed by atoms with van der Waals surface area (Å²) in [6.07, 6.45) is 1.96. The number of carbonyl (C=O) groups excluding carboxylic acids is 3. The second kappa shape index (κ2) is 8.60. The molecule has 7 heteroatoms. The van der Waals surface area contributed by atoms with Gasteiger partial charge in [0.2, 0.25) is 11.8 Å². The maximum Gasteiger partial charge on any atom is 0.255 e. The van der Waals surface area contributed by atoms with Gasteiger partial charge in [0.05, 0.1) is 10.9 Å². The topological polar surface area (TPSA) is 82.3 Å². The van der Waals surface area contributed by atoms with Gasteiger partial charge in [0.15, 0.2) is 0 Å². The van der Waals surface area contributed by atoms with Crippen molar-refractivity contribution in [2.24, 2.45) is 0 Å². The Labute approximate surface area is 195 Å². The number of aryl methyl sites for hydroxylation is 1. The largest absolute Gasteiger partial charge is 0.361 e. The molecule has 1 aromatic heterocycles. The van der Waals surface area contributed by atoms with Crippen molar-refractivity contribution in [1.82, 2.24) is 4.98 Å². The molecule has 0 bridgehead atoms. The van der Waals surface area contributed by atoms with Crippen molar-refractivity contribution in [3.05, 3.63) is 90.1 Å². The standard InChI is InChI=1S/C26H21N3O3S/c1-16-4-2-5-18(12-16)25(31)28-19-6-3-7-21(13-19)33-23-15-24(30)29(26(23)32)20-9-8-17-10-11-27-22(17)14-20/h2-14,23,27H,15H2,1H3,(H,28,31). The molecule has 2 heterocycles. The highest BCUT2D eigenvalue weighted by molar-refractivity contribution is 8.00. The van der Waals surface area contributed by atoms with Crippen molar-refractivity contribution in [2.75, 3.05) is 10.2 Å². The number of carbonyl (C=O) groups is 3. The second-order valence-electron chi connectivity index (χ2n) is 7.98. The molecule has 1 aliphatic heterocycles. The summed E-state index contributed by atoms with van der Waals surface area (Å²) in [5.74, 6) is -0.642. The van der Waals surface area contributed by atoms with E-state index in [1.165, 1.54) is 16.7 Å². The molecule has 0 radical (unpaired) electrons. The summed E-state index contributed by atoms with van der Waals surface area (Å²) in [4.78, 5) is 43.5. The van der Waals surface area contributed by atoms with Gasteiger partial charge >= 0.3 is 0 Å². The number of aromatic amines is 1. The summed E-state index contributed by atoms with van der Waals surface area (Å²) in [5.41, 5.74) is 3.68. The van der Waals surface area contributed by atoms with Crippen LogP contribution in [0.4, 0.5) is 11.4 Å². The van der Waals surface area contributed by atoms with E-state index in [0.29, 0.717) is 16.9 Å². The van der Waals surface area contributed by atoms with Crippen LogP contribution in [0.5, 0.6) is 0 Å². The summed E-state index contributed by atoms with van der Waals surface area (Å²) in [7, 11) is 0. The number of thioether (sulfide) groups is 1. The molecule has 3 aromatic carbocycles. The van der Waals surface area contributed by atoms with Gasteiger partial charge in [0.1, 0.15) is 0 Å². The molecule has 1 saturated heterocycles. The number of anilines is 2. The van der Waals surface area contributed by atoms with Gasteiger partial charge in [-0.2, -0.15) is 0 Å². The minimum absolute atomic E-state index is 0.131. The Hall–Kier alpha value is -3.84. The second-order valence-corrected chi connectivity index (χ2v) is 9.25. The normalized spacial score (nSPS) is 15.9. The first-order chi connectivity index (χ1) is 16.0. The van der Waals surface area contributed by atoms with E-state index in [0.717, 1.165) is 21.4 Å². The summed E-state index contributed by atoms with van der Waals surface area (Å²) in [5, 5.41) is 3.41. The molecule has 0 aliphatic carbocycles. The molecule has 164 valence electrons. The maximum absolute atomic E-state index is 13.1. The van der Waals surface area contributed by atoms with Crippen LogP contribution in [0.1, 0.15) is 22.3 Å². The van der Waals surface area contributed by atoms with Gasteiger partial charge in [-0.3, -0.25) is 14.4 Å². The number of hydrogen-bond donors (Lipinski definition) is 2. The number of amides is 3. The molecule has 1 fully saturated rings. The Balaban J connectivity index is 1.31. The third kappa shape index (κ3) is 4.27. The Morgan fingerprint density at radius 1 is 1.03 bits per heavy atom. The molecule has 1 atom stereocenters. The molecule has 5 rings (SSSR count). The smallest absolute Gasteiger partial charge is 0.255 e. The van der Waals surface area contributed by atoms with Crippen LogP contribution in [0.3, 0.4) is 0 Å². The molecule has 4 aromatic rings. The highest BCUT2D eigenvalue weighted by Crippen LogP contribution is 2.35. The predicted octanol–water partition coefficient (Wildman–Crippen LogP) is 5.15. The van der Waals surface area contributed by atoms with E-state index in [-0.39, 0.29) is 24.1 Å². The zero-order chi connectivity index (χ0) is 22.9. The lowest BCUT2D eigenvalue weighted by atomic mass is 10.1. The number of fused-ring (bicyclic) bond motifs is 1. The maximum atomic E-state index is 13.1. The molecule has 0 spiro atoms. The quantitative estimate of drug-likeness (QED) is 0.408. The van der Waals surface area contributed by atoms with Crippen LogP contribution < -0.4 is 10.2 Å². The van der Waals surface area contributed by atoms with Crippen LogP contribution in [-0.2, 0) is 9.59 Å². The van der Waals surface area contributed by atoms with Crippen LogP contribution in [0.2, 0.25) is 0 Å². The van der Waals surface area contributed by atoms with Crippen LogP contribution in [0.15, 0.2) is 83.9 Å². The third-order valence-corrected chi connectivity index (χ3v) is 6.73. The van der Waals surface area contributed by atoms with E-state index >= 15 is 0 Å². The fourth-order valence-electron chi connectivity index (χ4n) is 3.94. The minimum atomic E-state index is -0.514. The zero-order valence-corrected chi connectivity index (χ0v) is 18.7. The number of nitrogens with zero attached hydrogens (tertiary/aromatic N) is 1. The molecule has 6 nitrogen and oxygen atoms in total. The number of hydrogen-bond acceptors (Lipinski definition) is 4. The first-order valence-electron chi connectivity index (χ1n) is 10.6. The van der Waals surface area contributed by atoms with Crippen molar-refractivity contribution in [2.45, 2.75) is 23.5 Å². The number of H-pyrrole nitrogens is 1. The highest BCUT2D eigenvalue weighted by Gasteiger charge is 2.40. The van der Waals surface area contributed by atoms with Crippen molar-refractivity contribution >= 4 is 51.8 Å². The van der Waals surface area contributed by atoms with Crippen molar-refractivity contribution in [3.63, 3.8) is 0 Å². The lowest BCUT2D eigenvalue weighted by Crippen LogP contribution is -2.31. The SMILES string of the molecule is Cc1cccc(C(=O)Nc2cccc(SC3CC(=O)N(c4ccc5cc[nH]c5c4)C3=O)c2)c1. The molecule has 33 heavy (non-hydrogen) atoms. The van der Waals surface area contributed by atoms with E-state index in [1.807, 2.05) is 67.7 Å². The van der Waals surface area contributed by atoms with Gasteiger partial charge < -0.3 is 10.3 Å². The van der Waals surface area contributed by atoms with E-state index in [2.05, 4.69) is 10.3 Å². The number of nitrogens with one attached hydrogen (secondary N) is 2. The average Bonchev–Trinajstić information content (AvgIpc) is 3.37. The van der Waals surface area contributed by atoms with Crippen molar-refractivity contribution in [1.29, 1.82) is 0 Å². The van der Waals surface area contributed by atoms with Crippen LogP contribution in [0, 0.1) is 6.92 Å². The monoisotopic (exact) mass is 455 g/mol. The molecular weight excluding hydrogens is 434 g/mol.